The molecule has 1 aromatic rings. The number of hydrogen-bond acceptors (Lipinski definition) is 3. The van der Waals surface area contributed by atoms with Gasteiger partial charge in [0.25, 0.3) is 0 Å². The van der Waals surface area contributed by atoms with Gasteiger partial charge >= 0.3 is 5.97 Å². The number of terminal acetylenes is 1. The van der Waals surface area contributed by atoms with Crippen LogP contribution < -0.4 is 0 Å². The first kappa shape index (κ1) is 15.1. The van der Waals surface area contributed by atoms with Crippen molar-refractivity contribution in [3.8, 4) is 18.1 Å². The molecule has 1 rings (SSSR count). The predicted octanol–water partition coefficient (Wildman–Crippen LogP) is 1.73. The van der Waals surface area contributed by atoms with Gasteiger partial charge in [-0.15, -0.1) is 6.42 Å². The van der Waals surface area contributed by atoms with E-state index in [-0.39, 0.29) is 18.3 Å². The van der Waals surface area contributed by atoms with Gasteiger partial charge in [-0.3, -0.25) is 9.69 Å². The first-order valence-electron chi connectivity index (χ1n) is 6.20. The molecule has 0 fully saturated rings. The number of aliphatic carboxylic acids is 1. The van der Waals surface area contributed by atoms with E-state index < -0.39 is 5.97 Å². The van der Waals surface area contributed by atoms with Crippen LogP contribution in [-0.4, -0.2) is 40.2 Å². The fourth-order valence-corrected chi connectivity index (χ4v) is 1.88. The topological polar surface area (TPSA) is 60.8 Å². The molecule has 19 heavy (non-hydrogen) atoms. The Balaban J connectivity index is 2.52. The third kappa shape index (κ3) is 5.45. The van der Waals surface area contributed by atoms with E-state index in [1.807, 2.05) is 19.1 Å². The number of aryl methyl sites for hydroxylation is 1. The fraction of sp³-hybridized carbons (Fsp3) is 0.400. The molecular formula is C15H19NO3. The van der Waals surface area contributed by atoms with E-state index in [9.17, 15) is 9.90 Å². The van der Waals surface area contributed by atoms with E-state index >= 15 is 0 Å². The maximum absolute atomic E-state index is 10.8. The zero-order valence-electron chi connectivity index (χ0n) is 11.0. The van der Waals surface area contributed by atoms with Crippen molar-refractivity contribution in [3.05, 3.63) is 29.8 Å². The van der Waals surface area contributed by atoms with Gasteiger partial charge in [0.15, 0.2) is 0 Å². The molecule has 2 N–H and O–H groups in total. The van der Waals surface area contributed by atoms with E-state index in [4.69, 9.17) is 11.5 Å². The van der Waals surface area contributed by atoms with Crippen LogP contribution in [0.1, 0.15) is 18.9 Å². The Bertz CT molecular complexity index is 447. The lowest BCUT2D eigenvalue weighted by molar-refractivity contribution is -0.138. The molecule has 1 aromatic carbocycles. The van der Waals surface area contributed by atoms with Crippen LogP contribution in [0.25, 0.3) is 0 Å². The second-order valence-corrected chi connectivity index (χ2v) is 4.56. The van der Waals surface area contributed by atoms with Gasteiger partial charge in [0.2, 0.25) is 0 Å². The van der Waals surface area contributed by atoms with Crippen molar-refractivity contribution in [1.82, 2.24) is 4.90 Å². The summed E-state index contributed by atoms with van der Waals surface area (Å²) in [5, 5.41) is 18.0. The molecule has 0 saturated heterocycles. The van der Waals surface area contributed by atoms with E-state index in [2.05, 4.69) is 5.92 Å². The number of nitrogens with zero attached hydrogens (tertiary/aromatic N) is 1. The molecule has 0 bridgehead atoms. The normalized spacial score (nSPS) is 12.1. The lowest BCUT2D eigenvalue weighted by Crippen LogP contribution is -2.37. The van der Waals surface area contributed by atoms with Gasteiger partial charge in [0, 0.05) is 6.04 Å². The highest BCUT2D eigenvalue weighted by atomic mass is 16.4. The van der Waals surface area contributed by atoms with Crippen molar-refractivity contribution in [2.24, 2.45) is 0 Å². The summed E-state index contributed by atoms with van der Waals surface area (Å²) in [7, 11) is 0. The number of aromatic hydroxyl groups is 1. The van der Waals surface area contributed by atoms with Crippen molar-refractivity contribution in [1.29, 1.82) is 0 Å². The van der Waals surface area contributed by atoms with Gasteiger partial charge in [-0.1, -0.05) is 18.1 Å². The molecule has 0 radical (unpaired) electrons. The highest BCUT2D eigenvalue weighted by Crippen LogP contribution is 2.13. The summed E-state index contributed by atoms with van der Waals surface area (Å²) in [6, 6.07) is 7.13. The van der Waals surface area contributed by atoms with Gasteiger partial charge in [0.05, 0.1) is 13.1 Å². The lowest BCUT2D eigenvalue weighted by Gasteiger charge is -2.25. The molecule has 0 aromatic heterocycles. The third-order valence-electron chi connectivity index (χ3n) is 3.04. The minimum absolute atomic E-state index is 0.0407. The van der Waals surface area contributed by atoms with Crippen molar-refractivity contribution >= 4 is 5.97 Å². The zero-order chi connectivity index (χ0) is 14.3. The quantitative estimate of drug-likeness (QED) is 0.734. The van der Waals surface area contributed by atoms with Gasteiger partial charge in [-0.2, -0.15) is 0 Å². The Labute approximate surface area is 113 Å². The van der Waals surface area contributed by atoms with Crippen LogP contribution in [0.4, 0.5) is 0 Å². The van der Waals surface area contributed by atoms with E-state index in [0.717, 1.165) is 18.4 Å². The van der Waals surface area contributed by atoms with Gasteiger partial charge in [-0.05, 0) is 37.5 Å². The van der Waals surface area contributed by atoms with Crippen LogP contribution >= 0.6 is 0 Å². The van der Waals surface area contributed by atoms with Crippen LogP contribution in [0.3, 0.4) is 0 Å². The number of hydrogen-bond donors (Lipinski definition) is 2. The number of benzene rings is 1. The summed E-state index contributed by atoms with van der Waals surface area (Å²) in [5.74, 6) is 1.87. The highest BCUT2D eigenvalue weighted by Gasteiger charge is 2.15. The molecule has 0 heterocycles. The second-order valence-electron chi connectivity index (χ2n) is 4.56. The van der Waals surface area contributed by atoms with Gasteiger partial charge < -0.3 is 10.2 Å². The number of phenols is 1. The first-order chi connectivity index (χ1) is 9.02. The van der Waals surface area contributed by atoms with Crippen molar-refractivity contribution in [3.63, 3.8) is 0 Å². The summed E-state index contributed by atoms with van der Waals surface area (Å²) in [6.07, 6.45) is 6.90. The Morgan fingerprint density at radius 3 is 2.58 bits per heavy atom. The number of carboxylic acid groups (broad SMARTS) is 1. The monoisotopic (exact) mass is 261 g/mol. The largest absolute Gasteiger partial charge is 0.508 e. The molecule has 0 aliphatic rings. The van der Waals surface area contributed by atoms with Gasteiger partial charge in [0.1, 0.15) is 5.75 Å². The summed E-state index contributed by atoms with van der Waals surface area (Å²) in [5.41, 5.74) is 1.11. The summed E-state index contributed by atoms with van der Waals surface area (Å²) in [4.78, 5) is 12.5. The fourth-order valence-electron chi connectivity index (χ4n) is 1.88. The number of rotatable bonds is 7. The van der Waals surface area contributed by atoms with Gasteiger partial charge in [-0.25, -0.2) is 0 Å². The van der Waals surface area contributed by atoms with Crippen LogP contribution in [0.5, 0.6) is 5.75 Å². The highest BCUT2D eigenvalue weighted by molar-refractivity contribution is 5.69. The summed E-state index contributed by atoms with van der Waals surface area (Å²) >= 11 is 0. The third-order valence-corrected chi connectivity index (χ3v) is 3.04. The minimum Gasteiger partial charge on any atom is -0.508 e. The SMILES string of the molecule is C#CCN(CC(=O)O)C(C)CCc1ccc(O)cc1. The Morgan fingerprint density at radius 1 is 1.42 bits per heavy atom. The zero-order valence-corrected chi connectivity index (χ0v) is 11.0. The van der Waals surface area contributed by atoms with E-state index in [1.54, 1.807) is 17.0 Å². The second kappa shape index (κ2) is 7.45. The smallest absolute Gasteiger partial charge is 0.317 e. The molecular weight excluding hydrogens is 242 g/mol. The number of carbonyl (C=O) groups is 1. The first-order valence-corrected chi connectivity index (χ1v) is 6.20. The minimum atomic E-state index is -0.869. The number of carboxylic acids is 1. The maximum atomic E-state index is 10.8. The molecule has 1 unspecified atom stereocenters. The lowest BCUT2D eigenvalue weighted by atomic mass is 10.0. The van der Waals surface area contributed by atoms with Crippen LogP contribution in [0.2, 0.25) is 0 Å². The summed E-state index contributed by atoms with van der Waals surface area (Å²) in [6.45, 7) is 2.27. The average molecular weight is 261 g/mol. The van der Waals surface area contributed by atoms with Crippen LogP contribution in [0, 0.1) is 12.3 Å². The maximum Gasteiger partial charge on any atom is 0.317 e. The Morgan fingerprint density at radius 2 is 2.05 bits per heavy atom. The average Bonchev–Trinajstić information content (AvgIpc) is 2.37. The molecule has 0 amide bonds. The molecule has 4 heteroatoms. The molecule has 1 atom stereocenters. The molecule has 102 valence electrons. The molecule has 0 aliphatic heterocycles. The van der Waals surface area contributed by atoms with E-state index in [0.29, 0.717) is 6.54 Å². The molecule has 4 nitrogen and oxygen atoms in total. The molecule has 0 aliphatic carbocycles. The molecule has 0 spiro atoms. The predicted molar refractivity (Wildman–Crippen MR) is 73.9 cm³/mol. The standard InChI is InChI=1S/C15H19NO3/c1-3-10-16(11-15(18)19)12(2)4-5-13-6-8-14(17)9-7-13/h1,6-9,12,17H,4-5,10-11H2,2H3,(H,18,19). The Kier molecular flexibility index (Phi) is 5.91. The van der Waals surface area contributed by atoms with Crippen LogP contribution in [0.15, 0.2) is 24.3 Å². The van der Waals surface area contributed by atoms with E-state index in [1.165, 1.54) is 0 Å². The molecule has 0 saturated carbocycles. The van der Waals surface area contributed by atoms with Crippen LogP contribution in [-0.2, 0) is 11.2 Å². The summed E-state index contributed by atoms with van der Waals surface area (Å²) < 4.78 is 0. The van der Waals surface area contributed by atoms with Crippen molar-refractivity contribution in [2.75, 3.05) is 13.1 Å². The Hall–Kier alpha value is -1.99. The van der Waals surface area contributed by atoms with Crippen molar-refractivity contribution < 1.29 is 15.0 Å². The number of phenolic OH excluding ortho intramolecular Hbond substituents is 1. The van der Waals surface area contributed by atoms with Crippen molar-refractivity contribution in [2.45, 2.75) is 25.8 Å².